The lowest BCUT2D eigenvalue weighted by molar-refractivity contribution is -0.128. The lowest BCUT2D eigenvalue weighted by Gasteiger charge is -2.27. The van der Waals surface area contributed by atoms with Crippen molar-refractivity contribution in [3.8, 4) is 16.9 Å². The van der Waals surface area contributed by atoms with Crippen molar-refractivity contribution in [3.05, 3.63) is 53.7 Å². The monoisotopic (exact) mass is 423 g/mol. The van der Waals surface area contributed by atoms with Gasteiger partial charge in [0.25, 0.3) is 0 Å². The molecule has 8 heteroatoms. The van der Waals surface area contributed by atoms with Crippen LogP contribution in [0.1, 0.15) is 29.4 Å². The van der Waals surface area contributed by atoms with Gasteiger partial charge in [-0.15, -0.1) is 0 Å². The van der Waals surface area contributed by atoms with Gasteiger partial charge in [-0.25, -0.2) is 9.18 Å². The molecule has 0 spiro atoms. The molecular formula is C23H22FN3O4. The van der Waals surface area contributed by atoms with E-state index in [9.17, 15) is 9.59 Å². The Hall–Kier alpha value is -3.68. The first-order valence-corrected chi connectivity index (χ1v) is 9.81. The second kappa shape index (κ2) is 8.22. The van der Waals surface area contributed by atoms with E-state index >= 15 is 4.39 Å². The predicted octanol–water partition coefficient (Wildman–Crippen LogP) is 3.80. The number of fused-ring (bicyclic) bond motifs is 1. The van der Waals surface area contributed by atoms with Crippen LogP contribution in [0.2, 0.25) is 0 Å². The molecule has 0 unspecified atom stereocenters. The minimum atomic E-state index is -0.593. The number of nitrogens with zero attached hydrogens (tertiary/aromatic N) is 2. The highest BCUT2D eigenvalue weighted by molar-refractivity contribution is 6.04. The minimum Gasteiger partial charge on any atom is -0.494 e. The summed E-state index contributed by atoms with van der Waals surface area (Å²) in [5.74, 6) is -0.621. The van der Waals surface area contributed by atoms with E-state index in [-0.39, 0.29) is 17.1 Å². The molecule has 0 atom stereocenters. The number of ether oxygens (including phenoxy) is 2. The molecular weight excluding hydrogens is 401 g/mol. The number of pyridine rings is 1. The number of halogens is 1. The molecule has 31 heavy (non-hydrogen) atoms. The molecule has 1 aromatic carbocycles. The van der Waals surface area contributed by atoms with Crippen molar-refractivity contribution in [1.82, 2.24) is 14.9 Å². The average molecular weight is 423 g/mol. The van der Waals surface area contributed by atoms with Crippen molar-refractivity contribution in [3.63, 3.8) is 0 Å². The molecule has 1 amide bonds. The van der Waals surface area contributed by atoms with E-state index in [1.807, 2.05) is 6.08 Å². The molecule has 0 fully saturated rings. The molecule has 0 saturated carbocycles. The minimum absolute atomic E-state index is 0.0593. The van der Waals surface area contributed by atoms with Crippen molar-refractivity contribution >= 4 is 28.4 Å². The van der Waals surface area contributed by atoms with Crippen molar-refractivity contribution < 1.29 is 23.5 Å². The third-order valence-corrected chi connectivity index (χ3v) is 5.49. The van der Waals surface area contributed by atoms with Crippen LogP contribution in [-0.4, -0.2) is 54.1 Å². The summed E-state index contributed by atoms with van der Waals surface area (Å²) in [5, 5.41) is 0.519. The van der Waals surface area contributed by atoms with Gasteiger partial charge in [-0.05, 0) is 35.8 Å². The predicted molar refractivity (Wildman–Crippen MR) is 114 cm³/mol. The van der Waals surface area contributed by atoms with Gasteiger partial charge in [0.1, 0.15) is 11.4 Å². The van der Waals surface area contributed by atoms with Crippen molar-refractivity contribution in [2.24, 2.45) is 0 Å². The zero-order valence-corrected chi connectivity index (χ0v) is 17.5. The Bertz CT molecular complexity index is 1210. The topological polar surface area (TPSA) is 84.5 Å². The maximum atomic E-state index is 15.7. The summed E-state index contributed by atoms with van der Waals surface area (Å²) in [4.78, 5) is 32.6. The number of amides is 1. The largest absolute Gasteiger partial charge is 0.494 e. The number of rotatable bonds is 4. The number of hydrogen-bond acceptors (Lipinski definition) is 5. The van der Waals surface area contributed by atoms with E-state index in [2.05, 4.69) is 9.97 Å². The van der Waals surface area contributed by atoms with Gasteiger partial charge < -0.3 is 19.4 Å². The van der Waals surface area contributed by atoms with Crippen LogP contribution < -0.4 is 4.74 Å². The molecule has 2 aromatic heterocycles. The fourth-order valence-corrected chi connectivity index (χ4v) is 3.91. The first kappa shape index (κ1) is 20.6. The van der Waals surface area contributed by atoms with E-state index in [0.29, 0.717) is 52.9 Å². The Morgan fingerprint density at radius 2 is 2.00 bits per heavy atom. The Labute approximate surface area is 178 Å². The van der Waals surface area contributed by atoms with E-state index in [1.54, 1.807) is 35.5 Å². The highest BCUT2D eigenvalue weighted by Crippen LogP contribution is 2.39. The van der Waals surface area contributed by atoms with Crippen LogP contribution in [0.5, 0.6) is 5.75 Å². The Kier molecular flexibility index (Phi) is 5.46. The Morgan fingerprint density at radius 3 is 2.71 bits per heavy atom. The van der Waals surface area contributed by atoms with Crippen LogP contribution in [0.4, 0.5) is 4.39 Å². The fourth-order valence-electron chi connectivity index (χ4n) is 3.91. The molecule has 1 aliphatic heterocycles. The smallest absolute Gasteiger partial charge is 0.354 e. The summed E-state index contributed by atoms with van der Waals surface area (Å²) < 4.78 is 25.9. The number of aromatic amines is 1. The zero-order valence-electron chi connectivity index (χ0n) is 17.5. The van der Waals surface area contributed by atoms with Crippen LogP contribution in [0, 0.1) is 5.82 Å². The van der Waals surface area contributed by atoms with Crippen molar-refractivity contribution in [1.29, 1.82) is 0 Å². The summed E-state index contributed by atoms with van der Waals surface area (Å²) in [6, 6.07) is 5.08. The maximum Gasteiger partial charge on any atom is 0.354 e. The highest BCUT2D eigenvalue weighted by atomic mass is 19.1. The number of H-pyrrole nitrogens is 1. The van der Waals surface area contributed by atoms with Gasteiger partial charge in [-0.2, -0.15) is 0 Å². The third-order valence-electron chi connectivity index (χ3n) is 5.49. The standard InChI is InChI=1S/C23H22FN3O4/c1-13(28)27-8-4-5-14(12-27)16-9-17(15-6-7-25-11-20(15)30-2)18-10-19(23(29)31-3)26-22(18)21(16)24/h5-7,9-11,26H,4,8,12H2,1-3H3. The number of methoxy groups -OCH3 is 2. The van der Waals surface area contributed by atoms with Crippen LogP contribution in [0.15, 0.2) is 36.7 Å². The molecule has 3 aromatic rings. The van der Waals surface area contributed by atoms with Crippen molar-refractivity contribution in [2.45, 2.75) is 13.3 Å². The quantitative estimate of drug-likeness (QED) is 0.646. The maximum absolute atomic E-state index is 15.7. The number of aromatic nitrogens is 2. The second-order valence-corrected chi connectivity index (χ2v) is 7.28. The summed E-state index contributed by atoms with van der Waals surface area (Å²) in [6.45, 7) is 2.42. The molecule has 1 aliphatic rings. The number of hydrogen-bond donors (Lipinski definition) is 1. The number of carbonyl (C=O) groups excluding carboxylic acids is 2. The molecule has 0 aliphatic carbocycles. The first-order chi connectivity index (χ1) is 14.9. The summed E-state index contributed by atoms with van der Waals surface area (Å²) >= 11 is 0. The number of nitrogens with one attached hydrogen (secondary N) is 1. The fraction of sp³-hybridized carbons (Fsp3) is 0.261. The SMILES string of the molecule is COC(=O)c1cc2c(-c3ccncc3OC)cc(C3=CCCN(C(C)=O)C3)c(F)c2[nH]1. The van der Waals surface area contributed by atoms with E-state index in [4.69, 9.17) is 9.47 Å². The van der Waals surface area contributed by atoms with E-state index in [1.165, 1.54) is 21.1 Å². The second-order valence-electron chi connectivity index (χ2n) is 7.28. The lowest BCUT2D eigenvalue weighted by atomic mass is 9.93. The van der Waals surface area contributed by atoms with Crippen molar-refractivity contribution in [2.75, 3.05) is 27.3 Å². The summed E-state index contributed by atoms with van der Waals surface area (Å²) in [5.41, 5.74) is 2.80. The van der Waals surface area contributed by atoms with E-state index < -0.39 is 11.8 Å². The normalized spacial score (nSPS) is 13.8. The van der Waals surface area contributed by atoms with Crippen LogP contribution >= 0.6 is 0 Å². The Balaban J connectivity index is 1.98. The molecule has 0 bridgehead atoms. The lowest BCUT2D eigenvalue weighted by Crippen LogP contribution is -2.33. The number of carbonyl (C=O) groups is 2. The molecule has 1 N–H and O–H groups in total. The number of benzene rings is 1. The molecule has 4 rings (SSSR count). The van der Waals surface area contributed by atoms with Gasteiger partial charge in [0, 0.05) is 42.7 Å². The van der Waals surface area contributed by atoms with Crippen LogP contribution in [-0.2, 0) is 9.53 Å². The zero-order chi connectivity index (χ0) is 22.1. The van der Waals surface area contributed by atoms with Gasteiger partial charge in [0.15, 0.2) is 5.82 Å². The Morgan fingerprint density at radius 1 is 1.19 bits per heavy atom. The highest BCUT2D eigenvalue weighted by Gasteiger charge is 2.24. The summed E-state index contributed by atoms with van der Waals surface area (Å²) in [6.07, 6.45) is 5.78. The first-order valence-electron chi connectivity index (χ1n) is 9.81. The van der Waals surface area contributed by atoms with Gasteiger partial charge in [0.05, 0.1) is 25.9 Å². The van der Waals surface area contributed by atoms with Crippen LogP contribution in [0.25, 0.3) is 27.6 Å². The van der Waals surface area contributed by atoms with Gasteiger partial charge in [0.2, 0.25) is 5.91 Å². The molecule has 3 heterocycles. The molecule has 7 nitrogen and oxygen atoms in total. The summed E-state index contributed by atoms with van der Waals surface area (Å²) in [7, 11) is 2.80. The molecule has 0 saturated heterocycles. The van der Waals surface area contributed by atoms with E-state index in [0.717, 1.165) is 0 Å². The van der Waals surface area contributed by atoms with Gasteiger partial charge in [-0.1, -0.05) is 6.08 Å². The third kappa shape index (κ3) is 3.65. The van der Waals surface area contributed by atoms with Gasteiger partial charge in [-0.3, -0.25) is 9.78 Å². The molecule has 160 valence electrons. The average Bonchev–Trinajstić information content (AvgIpc) is 3.25. The van der Waals surface area contributed by atoms with Crippen LogP contribution in [0.3, 0.4) is 0 Å². The number of esters is 1. The van der Waals surface area contributed by atoms with Gasteiger partial charge >= 0.3 is 5.97 Å². The molecule has 0 radical (unpaired) electrons.